The van der Waals surface area contributed by atoms with Crippen LogP contribution in [0, 0.1) is 11.6 Å². The van der Waals surface area contributed by atoms with Gasteiger partial charge in [-0.15, -0.1) is 0 Å². The van der Waals surface area contributed by atoms with E-state index in [1.807, 2.05) is 0 Å². The van der Waals surface area contributed by atoms with Crippen LogP contribution in [0.1, 0.15) is 23.1 Å². The summed E-state index contributed by atoms with van der Waals surface area (Å²) in [5.74, 6) is -0.760. The SMILES string of the molecule is COc1ccc(-c2nn(CCCc3ccc(F)cc3)c(=O)c(CN)c2CCO)cc1F. The molecule has 0 atom stereocenters. The molecule has 0 aliphatic rings. The van der Waals surface area contributed by atoms with Crippen molar-refractivity contribution in [2.75, 3.05) is 13.7 Å². The molecule has 1 heterocycles. The molecule has 3 aromatic rings. The van der Waals surface area contributed by atoms with Crippen LogP contribution in [0.2, 0.25) is 0 Å². The van der Waals surface area contributed by atoms with Crippen molar-refractivity contribution in [3.8, 4) is 17.0 Å². The zero-order valence-corrected chi connectivity index (χ0v) is 17.3. The number of nitrogens with zero attached hydrogens (tertiary/aromatic N) is 2. The van der Waals surface area contributed by atoms with Gasteiger partial charge in [-0.3, -0.25) is 4.79 Å². The Hall–Kier alpha value is -3.10. The summed E-state index contributed by atoms with van der Waals surface area (Å²) in [5, 5.41) is 14.0. The highest BCUT2D eigenvalue weighted by Crippen LogP contribution is 2.27. The number of benzene rings is 2. The Morgan fingerprint density at radius 1 is 1.10 bits per heavy atom. The molecule has 3 N–H and O–H groups in total. The predicted molar refractivity (Wildman–Crippen MR) is 114 cm³/mol. The van der Waals surface area contributed by atoms with Gasteiger partial charge < -0.3 is 15.6 Å². The Morgan fingerprint density at radius 2 is 1.84 bits per heavy atom. The Labute approximate surface area is 178 Å². The Kier molecular flexibility index (Phi) is 7.49. The molecule has 0 aliphatic carbocycles. The molecule has 164 valence electrons. The zero-order chi connectivity index (χ0) is 22.4. The highest BCUT2D eigenvalue weighted by Gasteiger charge is 2.18. The van der Waals surface area contributed by atoms with Crippen molar-refractivity contribution < 1.29 is 18.6 Å². The minimum atomic E-state index is -0.555. The van der Waals surface area contributed by atoms with Crippen molar-refractivity contribution in [2.24, 2.45) is 5.73 Å². The minimum Gasteiger partial charge on any atom is -0.494 e. The second kappa shape index (κ2) is 10.3. The maximum Gasteiger partial charge on any atom is 0.271 e. The van der Waals surface area contributed by atoms with Gasteiger partial charge in [0.1, 0.15) is 5.82 Å². The first kappa shape index (κ1) is 22.6. The Morgan fingerprint density at radius 3 is 2.45 bits per heavy atom. The van der Waals surface area contributed by atoms with E-state index in [9.17, 15) is 18.7 Å². The number of aliphatic hydroxyl groups is 1. The lowest BCUT2D eigenvalue weighted by molar-refractivity contribution is 0.299. The summed E-state index contributed by atoms with van der Waals surface area (Å²) < 4.78 is 33.7. The van der Waals surface area contributed by atoms with Crippen LogP contribution in [0.4, 0.5) is 8.78 Å². The average molecular weight is 429 g/mol. The molecular formula is C23H25F2N3O3. The predicted octanol–water partition coefficient (Wildman–Crippen LogP) is 2.82. The van der Waals surface area contributed by atoms with Gasteiger partial charge in [-0.1, -0.05) is 12.1 Å². The second-order valence-corrected chi connectivity index (χ2v) is 7.09. The van der Waals surface area contributed by atoms with Gasteiger partial charge in [-0.2, -0.15) is 5.10 Å². The molecule has 0 bridgehead atoms. The minimum absolute atomic E-state index is 0.0275. The molecule has 0 spiro atoms. The quantitative estimate of drug-likeness (QED) is 0.546. The number of aryl methyl sites for hydroxylation is 2. The van der Waals surface area contributed by atoms with Crippen LogP contribution in [0.15, 0.2) is 47.3 Å². The average Bonchev–Trinajstić information content (AvgIpc) is 2.77. The van der Waals surface area contributed by atoms with Crippen LogP contribution in [0.25, 0.3) is 11.3 Å². The van der Waals surface area contributed by atoms with Crippen LogP contribution in [0.3, 0.4) is 0 Å². The number of aliphatic hydroxyl groups excluding tert-OH is 1. The first-order valence-electron chi connectivity index (χ1n) is 10.0. The van der Waals surface area contributed by atoms with Crippen LogP contribution in [0.5, 0.6) is 5.75 Å². The van der Waals surface area contributed by atoms with Gasteiger partial charge in [0.15, 0.2) is 11.6 Å². The number of nitrogens with two attached hydrogens (primary N) is 1. The molecule has 0 fully saturated rings. The fraction of sp³-hybridized carbons (Fsp3) is 0.304. The summed E-state index contributed by atoms with van der Waals surface area (Å²) in [6, 6.07) is 10.6. The lowest BCUT2D eigenvalue weighted by Crippen LogP contribution is -2.31. The molecule has 0 saturated heterocycles. The second-order valence-electron chi connectivity index (χ2n) is 7.09. The maximum atomic E-state index is 14.3. The third-order valence-corrected chi connectivity index (χ3v) is 5.10. The van der Waals surface area contributed by atoms with Crippen LogP contribution >= 0.6 is 0 Å². The van der Waals surface area contributed by atoms with Gasteiger partial charge in [-0.05, 0) is 60.7 Å². The fourth-order valence-electron chi connectivity index (χ4n) is 3.53. The molecule has 0 radical (unpaired) electrons. The summed E-state index contributed by atoms with van der Waals surface area (Å²) >= 11 is 0. The third kappa shape index (κ3) is 5.15. The van der Waals surface area contributed by atoms with E-state index < -0.39 is 5.82 Å². The summed E-state index contributed by atoms with van der Waals surface area (Å²) in [5.41, 5.74) is 8.19. The van der Waals surface area contributed by atoms with E-state index in [1.54, 1.807) is 18.2 Å². The van der Waals surface area contributed by atoms with E-state index in [-0.39, 0.29) is 36.7 Å². The fourth-order valence-corrected chi connectivity index (χ4v) is 3.53. The summed E-state index contributed by atoms with van der Waals surface area (Å²) in [6.45, 7) is 0.0862. The van der Waals surface area contributed by atoms with Crippen molar-refractivity contribution in [1.82, 2.24) is 9.78 Å². The molecule has 0 amide bonds. The topological polar surface area (TPSA) is 90.4 Å². The van der Waals surface area contributed by atoms with E-state index >= 15 is 0 Å². The van der Waals surface area contributed by atoms with Gasteiger partial charge in [0, 0.05) is 30.8 Å². The van der Waals surface area contributed by atoms with Crippen molar-refractivity contribution in [3.63, 3.8) is 0 Å². The van der Waals surface area contributed by atoms with E-state index in [0.717, 1.165) is 5.56 Å². The number of halogens is 2. The Balaban J connectivity index is 1.97. The van der Waals surface area contributed by atoms with Gasteiger partial charge in [0.25, 0.3) is 5.56 Å². The monoisotopic (exact) mass is 429 g/mol. The van der Waals surface area contributed by atoms with Gasteiger partial charge >= 0.3 is 0 Å². The maximum absolute atomic E-state index is 14.3. The molecule has 3 rings (SSSR count). The van der Waals surface area contributed by atoms with Gasteiger partial charge in [0.2, 0.25) is 0 Å². The lowest BCUT2D eigenvalue weighted by Gasteiger charge is -2.16. The van der Waals surface area contributed by atoms with Crippen molar-refractivity contribution >= 4 is 0 Å². The number of rotatable bonds is 9. The number of ether oxygens (including phenoxy) is 1. The standard InChI is InChI=1S/C23H25F2N3O3/c1-31-21-9-6-16(13-20(21)25)22-18(10-12-29)19(14-26)23(30)28(27-22)11-2-3-15-4-7-17(24)8-5-15/h4-9,13,29H,2-3,10-12,14,26H2,1H3. The number of methoxy groups -OCH3 is 1. The van der Waals surface area contributed by atoms with Gasteiger partial charge in [0.05, 0.1) is 12.8 Å². The Bertz CT molecular complexity index is 1100. The largest absolute Gasteiger partial charge is 0.494 e. The van der Waals surface area contributed by atoms with E-state index in [0.29, 0.717) is 41.8 Å². The molecule has 8 heteroatoms. The van der Waals surface area contributed by atoms with Crippen LogP contribution < -0.4 is 16.0 Å². The first-order valence-corrected chi connectivity index (χ1v) is 10.0. The molecule has 6 nitrogen and oxygen atoms in total. The molecule has 31 heavy (non-hydrogen) atoms. The van der Waals surface area contributed by atoms with Gasteiger partial charge in [-0.25, -0.2) is 13.5 Å². The van der Waals surface area contributed by atoms with Crippen molar-refractivity contribution in [1.29, 1.82) is 0 Å². The summed E-state index contributed by atoms with van der Waals surface area (Å²) in [6.07, 6.45) is 1.41. The highest BCUT2D eigenvalue weighted by atomic mass is 19.1. The highest BCUT2D eigenvalue weighted by molar-refractivity contribution is 5.65. The summed E-state index contributed by atoms with van der Waals surface area (Å²) in [4.78, 5) is 12.9. The lowest BCUT2D eigenvalue weighted by atomic mass is 9.99. The molecule has 0 aliphatic heterocycles. The van der Waals surface area contributed by atoms with E-state index in [4.69, 9.17) is 10.5 Å². The number of aromatic nitrogens is 2. The summed E-state index contributed by atoms with van der Waals surface area (Å²) in [7, 11) is 1.38. The molecule has 2 aromatic carbocycles. The van der Waals surface area contributed by atoms with Crippen LogP contribution in [-0.4, -0.2) is 28.6 Å². The molecular weight excluding hydrogens is 404 g/mol. The number of hydrogen-bond donors (Lipinski definition) is 2. The van der Waals surface area contributed by atoms with Crippen molar-refractivity contribution in [3.05, 3.63) is 81.1 Å². The normalized spacial score (nSPS) is 11.0. The number of hydrogen-bond acceptors (Lipinski definition) is 5. The zero-order valence-electron chi connectivity index (χ0n) is 17.3. The van der Waals surface area contributed by atoms with E-state index in [1.165, 1.54) is 36.1 Å². The van der Waals surface area contributed by atoms with E-state index in [2.05, 4.69) is 5.10 Å². The molecule has 0 unspecified atom stereocenters. The van der Waals surface area contributed by atoms with Crippen molar-refractivity contribution in [2.45, 2.75) is 32.4 Å². The van der Waals surface area contributed by atoms with Crippen LogP contribution in [-0.2, 0) is 25.9 Å². The smallest absolute Gasteiger partial charge is 0.271 e. The third-order valence-electron chi connectivity index (χ3n) is 5.10. The molecule has 0 saturated carbocycles. The molecule has 1 aromatic heterocycles. The first-order chi connectivity index (χ1) is 15.0.